The number of hydrogen-bond donors (Lipinski definition) is 1. The first kappa shape index (κ1) is 16.4. The predicted molar refractivity (Wildman–Crippen MR) is 79.4 cm³/mol. The molecular formula is C16H13ClF3NO. The summed E-state index contributed by atoms with van der Waals surface area (Å²) in [6.07, 6.45) is -4.33. The molecule has 6 heteroatoms. The molecule has 0 heterocycles. The molecule has 0 aromatic heterocycles. The third kappa shape index (κ3) is 4.24. The van der Waals surface area contributed by atoms with E-state index in [1.54, 1.807) is 12.1 Å². The molecule has 0 fully saturated rings. The van der Waals surface area contributed by atoms with E-state index in [2.05, 4.69) is 5.32 Å². The third-order valence-electron chi connectivity index (χ3n) is 3.11. The lowest BCUT2D eigenvalue weighted by Gasteiger charge is -2.08. The van der Waals surface area contributed by atoms with E-state index in [-0.39, 0.29) is 11.8 Å². The first-order chi connectivity index (χ1) is 10.4. The van der Waals surface area contributed by atoms with Crippen LogP contribution in [0.1, 0.15) is 11.1 Å². The molecule has 0 radical (unpaired) electrons. The minimum atomic E-state index is -4.33. The quantitative estimate of drug-likeness (QED) is 0.837. The minimum absolute atomic E-state index is 0.0936. The number of carbonyl (C=O) groups excluding carboxylic acids is 1. The van der Waals surface area contributed by atoms with Crippen molar-refractivity contribution in [2.75, 3.05) is 5.88 Å². The molecule has 0 aliphatic heterocycles. The van der Waals surface area contributed by atoms with Crippen LogP contribution in [0.2, 0.25) is 0 Å². The molecule has 2 aromatic rings. The van der Waals surface area contributed by atoms with Gasteiger partial charge in [0.15, 0.2) is 0 Å². The van der Waals surface area contributed by atoms with Crippen molar-refractivity contribution in [3.05, 3.63) is 59.7 Å². The number of carbonyl (C=O) groups is 1. The number of amides is 1. The Kier molecular flexibility index (Phi) is 5.08. The Hall–Kier alpha value is -2.01. The van der Waals surface area contributed by atoms with Gasteiger partial charge in [0.1, 0.15) is 5.88 Å². The highest BCUT2D eigenvalue weighted by Gasteiger charge is 2.29. The van der Waals surface area contributed by atoms with Crippen molar-refractivity contribution in [3.63, 3.8) is 0 Å². The summed E-state index contributed by atoms with van der Waals surface area (Å²) in [5, 5.41) is 2.64. The van der Waals surface area contributed by atoms with E-state index in [1.807, 2.05) is 12.1 Å². The van der Waals surface area contributed by atoms with Crippen molar-refractivity contribution in [1.82, 2.24) is 5.32 Å². The minimum Gasteiger partial charge on any atom is -0.351 e. The fourth-order valence-corrected chi connectivity index (χ4v) is 2.01. The second-order valence-corrected chi connectivity index (χ2v) is 4.95. The Bertz CT molecular complexity index is 636. The average Bonchev–Trinajstić information content (AvgIpc) is 2.52. The number of nitrogens with one attached hydrogen (secondary N) is 1. The van der Waals surface area contributed by atoms with Crippen molar-refractivity contribution in [2.24, 2.45) is 0 Å². The van der Waals surface area contributed by atoms with Crippen molar-refractivity contribution < 1.29 is 18.0 Å². The Balaban J connectivity index is 2.08. The SMILES string of the molecule is O=C(CCl)NCc1ccc(-c2ccc(C(F)(F)F)cc2)cc1. The molecule has 0 aliphatic carbocycles. The van der Waals surface area contributed by atoms with Crippen LogP contribution in [0.15, 0.2) is 48.5 Å². The molecule has 0 bridgehead atoms. The van der Waals surface area contributed by atoms with Gasteiger partial charge in [0.25, 0.3) is 0 Å². The maximum absolute atomic E-state index is 12.5. The lowest BCUT2D eigenvalue weighted by Crippen LogP contribution is -2.23. The summed E-state index contributed by atoms with van der Waals surface area (Å²) in [5.41, 5.74) is 1.72. The molecule has 0 atom stereocenters. The van der Waals surface area contributed by atoms with Gasteiger partial charge in [-0.2, -0.15) is 13.2 Å². The third-order valence-corrected chi connectivity index (χ3v) is 3.35. The smallest absolute Gasteiger partial charge is 0.351 e. The second-order valence-electron chi connectivity index (χ2n) is 4.68. The van der Waals surface area contributed by atoms with Gasteiger partial charge in [-0.3, -0.25) is 4.79 Å². The van der Waals surface area contributed by atoms with E-state index in [0.29, 0.717) is 12.1 Å². The summed E-state index contributed by atoms with van der Waals surface area (Å²) in [4.78, 5) is 11.1. The molecule has 22 heavy (non-hydrogen) atoms. The number of hydrogen-bond acceptors (Lipinski definition) is 1. The zero-order valence-corrected chi connectivity index (χ0v) is 12.2. The predicted octanol–water partition coefficient (Wildman–Crippen LogP) is 4.23. The topological polar surface area (TPSA) is 29.1 Å². The Morgan fingerprint density at radius 3 is 1.91 bits per heavy atom. The molecule has 0 saturated carbocycles. The molecule has 1 amide bonds. The molecule has 2 rings (SSSR count). The van der Waals surface area contributed by atoms with E-state index >= 15 is 0 Å². The maximum atomic E-state index is 12.5. The van der Waals surface area contributed by atoms with E-state index in [4.69, 9.17) is 11.6 Å². The summed E-state index contributed by atoms with van der Waals surface area (Å²) in [6, 6.07) is 12.2. The average molecular weight is 328 g/mol. The normalized spacial score (nSPS) is 11.3. The molecule has 2 aromatic carbocycles. The van der Waals surface area contributed by atoms with Crippen LogP contribution in [0.3, 0.4) is 0 Å². The van der Waals surface area contributed by atoms with Gasteiger partial charge in [-0.05, 0) is 28.8 Å². The molecular weight excluding hydrogens is 315 g/mol. The van der Waals surface area contributed by atoms with Crippen molar-refractivity contribution in [1.29, 1.82) is 0 Å². The zero-order valence-electron chi connectivity index (χ0n) is 11.5. The first-order valence-corrected chi connectivity index (χ1v) is 7.03. The summed E-state index contributed by atoms with van der Waals surface area (Å²) in [5.74, 6) is -0.350. The largest absolute Gasteiger partial charge is 0.416 e. The van der Waals surface area contributed by atoms with E-state index < -0.39 is 11.7 Å². The van der Waals surface area contributed by atoms with E-state index in [9.17, 15) is 18.0 Å². The van der Waals surface area contributed by atoms with Gasteiger partial charge in [-0.25, -0.2) is 0 Å². The summed E-state index contributed by atoms with van der Waals surface area (Å²) < 4.78 is 37.5. The number of benzene rings is 2. The first-order valence-electron chi connectivity index (χ1n) is 6.49. The highest BCUT2D eigenvalue weighted by molar-refractivity contribution is 6.27. The molecule has 116 valence electrons. The van der Waals surface area contributed by atoms with Crippen LogP contribution in [0.5, 0.6) is 0 Å². The number of halogens is 4. The number of rotatable bonds is 4. The van der Waals surface area contributed by atoms with Crippen molar-refractivity contribution in [3.8, 4) is 11.1 Å². The van der Waals surface area contributed by atoms with Crippen LogP contribution < -0.4 is 5.32 Å². The van der Waals surface area contributed by atoms with Gasteiger partial charge in [-0.15, -0.1) is 11.6 Å². The molecule has 1 N–H and O–H groups in total. The van der Waals surface area contributed by atoms with Crippen LogP contribution in [0.4, 0.5) is 13.2 Å². The van der Waals surface area contributed by atoms with E-state index in [0.717, 1.165) is 23.3 Å². The molecule has 0 aliphatic rings. The molecule has 0 spiro atoms. The maximum Gasteiger partial charge on any atom is 0.416 e. The van der Waals surface area contributed by atoms with Crippen molar-refractivity contribution >= 4 is 17.5 Å². The van der Waals surface area contributed by atoms with Crippen LogP contribution in [-0.4, -0.2) is 11.8 Å². The van der Waals surface area contributed by atoms with Gasteiger partial charge in [0, 0.05) is 6.54 Å². The lowest BCUT2D eigenvalue weighted by molar-refractivity contribution is -0.137. The standard InChI is InChI=1S/C16H13ClF3NO/c17-9-15(22)21-10-11-1-3-12(4-2-11)13-5-7-14(8-6-13)16(18,19)20/h1-8H,9-10H2,(H,21,22). The van der Waals surface area contributed by atoms with Gasteiger partial charge in [-0.1, -0.05) is 36.4 Å². The lowest BCUT2D eigenvalue weighted by atomic mass is 10.0. The molecule has 2 nitrogen and oxygen atoms in total. The van der Waals surface area contributed by atoms with Gasteiger partial charge in [0.2, 0.25) is 5.91 Å². The van der Waals surface area contributed by atoms with Crippen LogP contribution in [-0.2, 0) is 17.5 Å². The highest BCUT2D eigenvalue weighted by atomic mass is 35.5. The fraction of sp³-hybridized carbons (Fsp3) is 0.188. The molecule has 0 unspecified atom stereocenters. The summed E-state index contributed by atoms with van der Waals surface area (Å²) in [7, 11) is 0. The van der Waals surface area contributed by atoms with Crippen LogP contribution in [0.25, 0.3) is 11.1 Å². The van der Waals surface area contributed by atoms with Crippen molar-refractivity contribution in [2.45, 2.75) is 12.7 Å². The monoisotopic (exact) mass is 327 g/mol. The van der Waals surface area contributed by atoms with Gasteiger partial charge in [0.05, 0.1) is 5.56 Å². The zero-order chi connectivity index (χ0) is 16.2. The van der Waals surface area contributed by atoms with E-state index in [1.165, 1.54) is 12.1 Å². The summed E-state index contributed by atoms with van der Waals surface area (Å²) in [6.45, 7) is 0.360. The Morgan fingerprint density at radius 2 is 1.45 bits per heavy atom. The fourth-order valence-electron chi connectivity index (χ4n) is 1.91. The molecule has 0 saturated heterocycles. The second kappa shape index (κ2) is 6.83. The van der Waals surface area contributed by atoms with Crippen LogP contribution in [0, 0.1) is 0 Å². The van der Waals surface area contributed by atoms with Gasteiger partial charge < -0.3 is 5.32 Å². The summed E-state index contributed by atoms with van der Waals surface area (Å²) >= 11 is 5.38. The highest BCUT2D eigenvalue weighted by Crippen LogP contribution is 2.30. The Labute approximate surface area is 130 Å². The van der Waals surface area contributed by atoms with Crippen LogP contribution >= 0.6 is 11.6 Å². The number of alkyl halides is 4. The Morgan fingerprint density at radius 1 is 0.955 bits per heavy atom. The van der Waals surface area contributed by atoms with Gasteiger partial charge >= 0.3 is 6.18 Å².